The van der Waals surface area contributed by atoms with E-state index in [1.54, 1.807) is 17.2 Å². The number of carbonyl (C=O) groups is 2. The Labute approximate surface area is 111 Å². The van der Waals surface area contributed by atoms with Crippen molar-refractivity contribution in [3.05, 3.63) is 24.0 Å². The van der Waals surface area contributed by atoms with Gasteiger partial charge < -0.3 is 15.3 Å². The second-order valence-electron chi connectivity index (χ2n) is 4.69. The molecule has 6 heteroatoms. The summed E-state index contributed by atoms with van der Waals surface area (Å²) in [5.74, 6) is -0.893. The summed E-state index contributed by atoms with van der Waals surface area (Å²) in [5, 5.41) is 11.4. The molecule has 6 nitrogen and oxygen atoms in total. The number of aryl methyl sites for hydroxylation is 1. The summed E-state index contributed by atoms with van der Waals surface area (Å²) >= 11 is 0. The van der Waals surface area contributed by atoms with Gasteiger partial charge in [-0.25, -0.2) is 4.79 Å². The Balaban J connectivity index is 1.95. The van der Waals surface area contributed by atoms with Crippen LogP contribution in [0.3, 0.4) is 0 Å². The molecule has 0 saturated heterocycles. The first-order valence-corrected chi connectivity index (χ1v) is 6.28. The molecular formula is C13H17N3O3. The van der Waals surface area contributed by atoms with E-state index >= 15 is 0 Å². The highest BCUT2D eigenvalue weighted by Gasteiger charge is 2.32. The Bertz CT molecular complexity index is 469. The van der Waals surface area contributed by atoms with Crippen LogP contribution in [-0.4, -0.2) is 39.6 Å². The Hall–Kier alpha value is -2.11. The zero-order chi connectivity index (χ0) is 13.8. The summed E-state index contributed by atoms with van der Waals surface area (Å²) in [6, 6.07) is 3.52. The van der Waals surface area contributed by atoms with Crippen molar-refractivity contribution < 1.29 is 14.7 Å². The molecule has 1 heterocycles. The zero-order valence-electron chi connectivity index (χ0n) is 10.8. The summed E-state index contributed by atoms with van der Waals surface area (Å²) in [5.41, 5.74) is 1.50. The van der Waals surface area contributed by atoms with Crippen LogP contribution in [0.25, 0.3) is 0 Å². The van der Waals surface area contributed by atoms with Crippen LogP contribution >= 0.6 is 0 Å². The van der Waals surface area contributed by atoms with Gasteiger partial charge in [0, 0.05) is 18.3 Å². The summed E-state index contributed by atoms with van der Waals surface area (Å²) in [7, 11) is 0. The molecule has 0 unspecified atom stereocenters. The monoisotopic (exact) mass is 263 g/mol. The fourth-order valence-corrected chi connectivity index (χ4v) is 1.79. The average molecular weight is 263 g/mol. The third-order valence-corrected chi connectivity index (χ3v) is 2.98. The predicted molar refractivity (Wildman–Crippen MR) is 70.0 cm³/mol. The van der Waals surface area contributed by atoms with Crippen molar-refractivity contribution in [1.29, 1.82) is 0 Å². The minimum Gasteiger partial charge on any atom is -0.481 e. The van der Waals surface area contributed by atoms with Gasteiger partial charge in [0.25, 0.3) is 0 Å². The van der Waals surface area contributed by atoms with Gasteiger partial charge in [-0.1, -0.05) is 0 Å². The molecule has 0 bridgehead atoms. The highest BCUT2D eigenvalue weighted by molar-refractivity contribution is 5.89. The van der Waals surface area contributed by atoms with Gasteiger partial charge in [0.2, 0.25) is 0 Å². The molecule has 1 aromatic heterocycles. The van der Waals surface area contributed by atoms with Crippen LogP contribution in [0.1, 0.15) is 25.0 Å². The average Bonchev–Trinajstić information content (AvgIpc) is 3.16. The van der Waals surface area contributed by atoms with Crippen LogP contribution in [0.5, 0.6) is 0 Å². The molecule has 0 spiro atoms. The number of carboxylic acid groups (broad SMARTS) is 1. The molecule has 1 aromatic rings. The van der Waals surface area contributed by atoms with Crippen LogP contribution < -0.4 is 5.32 Å². The number of anilines is 1. The summed E-state index contributed by atoms with van der Waals surface area (Å²) in [4.78, 5) is 28.4. The van der Waals surface area contributed by atoms with Crippen molar-refractivity contribution >= 4 is 17.7 Å². The van der Waals surface area contributed by atoms with Crippen LogP contribution in [0, 0.1) is 6.92 Å². The number of nitrogens with one attached hydrogen (secondary N) is 1. The lowest BCUT2D eigenvalue weighted by molar-refractivity contribution is -0.137. The maximum absolute atomic E-state index is 12.1. The summed E-state index contributed by atoms with van der Waals surface area (Å²) in [6.45, 7) is 2.11. The van der Waals surface area contributed by atoms with Crippen molar-refractivity contribution in [1.82, 2.24) is 9.88 Å². The lowest BCUT2D eigenvalue weighted by Crippen LogP contribution is -2.38. The lowest BCUT2D eigenvalue weighted by Gasteiger charge is -2.22. The fourth-order valence-electron chi connectivity index (χ4n) is 1.79. The van der Waals surface area contributed by atoms with E-state index in [1.807, 2.05) is 13.0 Å². The fraction of sp³-hybridized carbons (Fsp3) is 0.462. The van der Waals surface area contributed by atoms with E-state index in [2.05, 4.69) is 10.3 Å². The molecule has 1 saturated carbocycles. The molecule has 1 aliphatic carbocycles. The van der Waals surface area contributed by atoms with Crippen LogP contribution in [-0.2, 0) is 4.79 Å². The van der Waals surface area contributed by atoms with Crippen molar-refractivity contribution in [2.75, 3.05) is 11.9 Å². The van der Waals surface area contributed by atoms with Crippen molar-refractivity contribution in [2.24, 2.45) is 0 Å². The maximum Gasteiger partial charge on any atom is 0.322 e. The Morgan fingerprint density at radius 3 is 2.74 bits per heavy atom. The standard InChI is InChI=1S/C13H17N3O3/c1-9-2-3-10(8-14-9)15-13(19)16(11-4-5-11)7-6-12(17)18/h2-3,8,11H,4-7H2,1H3,(H,15,19)(H,17,18). The summed E-state index contributed by atoms with van der Waals surface area (Å²) in [6.07, 6.45) is 3.45. The largest absolute Gasteiger partial charge is 0.481 e. The van der Waals surface area contributed by atoms with E-state index < -0.39 is 5.97 Å². The second-order valence-corrected chi connectivity index (χ2v) is 4.69. The van der Waals surface area contributed by atoms with Gasteiger partial charge in [0.1, 0.15) is 0 Å². The smallest absolute Gasteiger partial charge is 0.322 e. The molecule has 2 N–H and O–H groups in total. The number of hydrogen-bond donors (Lipinski definition) is 2. The van der Waals surface area contributed by atoms with E-state index in [4.69, 9.17) is 5.11 Å². The number of aromatic nitrogens is 1. The minimum atomic E-state index is -0.893. The number of urea groups is 1. The van der Waals surface area contributed by atoms with E-state index in [0.29, 0.717) is 5.69 Å². The van der Waals surface area contributed by atoms with Gasteiger partial charge in [-0.05, 0) is 31.9 Å². The van der Waals surface area contributed by atoms with Crippen molar-refractivity contribution in [3.8, 4) is 0 Å². The van der Waals surface area contributed by atoms with E-state index in [0.717, 1.165) is 18.5 Å². The number of nitrogens with zero attached hydrogens (tertiary/aromatic N) is 2. The van der Waals surface area contributed by atoms with E-state index in [-0.39, 0.29) is 25.0 Å². The highest BCUT2D eigenvalue weighted by atomic mass is 16.4. The van der Waals surface area contributed by atoms with Crippen molar-refractivity contribution in [2.45, 2.75) is 32.2 Å². The number of amides is 2. The number of carbonyl (C=O) groups excluding carboxylic acids is 1. The quantitative estimate of drug-likeness (QED) is 0.849. The molecule has 2 amide bonds. The first-order valence-electron chi connectivity index (χ1n) is 6.28. The maximum atomic E-state index is 12.1. The SMILES string of the molecule is Cc1ccc(NC(=O)N(CCC(=O)O)C2CC2)cn1. The molecule has 102 valence electrons. The number of rotatable bonds is 5. The van der Waals surface area contributed by atoms with Crippen molar-refractivity contribution in [3.63, 3.8) is 0 Å². The Morgan fingerprint density at radius 2 is 2.21 bits per heavy atom. The van der Waals surface area contributed by atoms with Gasteiger partial charge in [-0.2, -0.15) is 0 Å². The molecule has 0 aliphatic heterocycles. The first kappa shape index (κ1) is 13.3. The van der Waals surface area contributed by atoms with Gasteiger partial charge >= 0.3 is 12.0 Å². The molecular weight excluding hydrogens is 246 g/mol. The normalized spacial score (nSPS) is 13.9. The van der Waals surface area contributed by atoms with Crippen LogP contribution in [0.2, 0.25) is 0 Å². The molecule has 2 rings (SSSR count). The molecule has 0 radical (unpaired) electrons. The third-order valence-electron chi connectivity index (χ3n) is 2.98. The number of pyridine rings is 1. The number of carboxylic acids is 1. The first-order chi connectivity index (χ1) is 9.06. The molecule has 0 aromatic carbocycles. The number of hydrogen-bond acceptors (Lipinski definition) is 3. The Kier molecular flexibility index (Phi) is 3.99. The predicted octanol–water partition coefficient (Wildman–Crippen LogP) is 1.86. The van der Waals surface area contributed by atoms with Crippen LogP contribution in [0.4, 0.5) is 10.5 Å². The zero-order valence-corrected chi connectivity index (χ0v) is 10.8. The minimum absolute atomic E-state index is 0.0317. The topological polar surface area (TPSA) is 82.5 Å². The van der Waals surface area contributed by atoms with Gasteiger partial charge in [0.05, 0.1) is 18.3 Å². The molecule has 1 fully saturated rings. The molecule has 1 aliphatic rings. The highest BCUT2D eigenvalue weighted by Crippen LogP contribution is 2.27. The molecule has 0 atom stereocenters. The van der Waals surface area contributed by atoms with E-state index in [1.165, 1.54) is 0 Å². The number of aliphatic carboxylic acids is 1. The molecule has 19 heavy (non-hydrogen) atoms. The van der Waals surface area contributed by atoms with Gasteiger partial charge in [-0.3, -0.25) is 9.78 Å². The second kappa shape index (κ2) is 5.69. The lowest BCUT2D eigenvalue weighted by atomic mass is 10.3. The van der Waals surface area contributed by atoms with Gasteiger partial charge in [0.15, 0.2) is 0 Å². The summed E-state index contributed by atoms with van der Waals surface area (Å²) < 4.78 is 0. The van der Waals surface area contributed by atoms with E-state index in [9.17, 15) is 9.59 Å². The van der Waals surface area contributed by atoms with Crippen LogP contribution in [0.15, 0.2) is 18.3 Å². The third kappa shape index (κ3) is 3.94. The van der Waals surface area contributed by atoms with Gasteiger partial charge in [-0.15, -0.1) is 0 Å². The Morgan fingerprint density at radius 1 is 1.47 bits per heavy atom.